The van der Waals surface area contributed by atoms with Crippen LogP contribution in [0.1, 0.15) is 59.2 Å². The molecule has 0 saturated carbocycles. The Morgan fingerprint density at radius 1 is 0.765 bits per heavy atom. The van der Waals surface area contributed by atoms with Gasteiger partial charge in [0.15, 0.2) is 23.0 Å². The number of carboxylic acid groups (broad SMARTS) is 1. The molecule has 0 fully saturated rings. The predicted octanol–water partition coefficient (Wildman–Crippen LogP) is 4.55. The number of rotatable bonds is 12. The Morgan fingerprint density at radius 2 is 1.41 bits per heavy atom. The van der Waals surface area contributed by atoms with Gasteiger partial charge in [-0.15, -0.1) is 20.4 Å². The van der Waals surface area contributed by atoms with Crippen molar-refractivity contribution >= 4 is 35.1 Å². The van der Waals surface area contributed by atoms with Gasteiger partial charge in [0.05, 0.1) is 29.6 Å². The molecule has 51 heavy (non-hydrogen) atoms. The van der Waals surface area contributed by atoms with Crippen molar-refractivity contribution in [2.75, 3.05) is 17.7 Å². The maximum atomic E-state index is 15.2. The molecule has 0 saturated heterocycles. The number of methoxy groups -OCH3 is 1. The topological polar surface area (TPSA) is 196 Å². The number of halogens is 1. The molecule has 2 amide bonds. The summed E-state index contributed by atoms with van der Waals surface area (Å²) in [6, 6.07) is 16.6. The monoisotopic (exact) mass is 689 g/mol. The molecule has 0 bridgehead atoms. The second-order valence-corrected chi connectivity index (χ2v) is 11.0. The number of benzene rings is 2. The molecule has 2 aromatic carbocycles. The predicted molar refractivity (Wildman–Crippen MR) is 180 cm³/mol. The molecule has 6 aromatic rings. The first-order valence-electron chi connectivity index (χ1n) is 15.4. The van der Waals surface area contributed by atoms with Gasteiger partial charge in [-0.2, -0.15) is 0 Å². The number of aromatic carboxylic acids is 1. The molecular weight excluding hydrogens is 661 g/mol. The van der Waals surface area contributed by atoms with E-state index in [1.54, 1.807) is 70.3 Å². The second-order valence-electron chi connectivity index (χ2n) is 11.0. The van der Waals surface area contributed by atoms with Crippen molar-refractivity contribution in [2.24, 2.45) is 0 Å². The van der Waals surface area contributed by atoms with Crippen molar-refractivity contribution in [1.82, 2.24) is 34.5 Å². The maximum absolute atomic E-state index is 15.2. The Morgan fingerprint density at radius 3 is 1.98 bits per heavy atom. The summed E-state index contributed by atoms with van der Waals surface area (Å²) in [6.45, 7) is 0. The minimum Gasteiger partial charge on any atom is -0.478 e. The van der Waals surface area contributed by atoms with E-state index < -0.39 is 29.6 Å². The standard InChI is InChI=1S/C35H28FN9O6/c1-51-35(50)23-8-7-21(17-28(23)38-32(46)27-10-12-31(43-41-27)45-16-13-37-20-45)5-4-6-22-18-24(34(48)49)29(19-25(22)36)39-33(47)26-9-11-30(42-40-26)44-14-2-3-15-44/h2-3,7-20H,4-6H2,1H3,(H,38,46)(H,39,47)(H,48,49). The molecule has 4 heterocycles. The number of aryl methyl sites for hydroxylation is 2. The van der Waals surface area contributed by atoms with Gasteiger partial charge in [-0.05, 0) is 91.1 Å². The number of nitrogens with zero attached hydrogens (tertiary/aromatic N) is 7. The first-order chi connectivity index (χ1) is 24.7. The highest BCUT2D eigenvalue weighted by molar-refractivity contribution is 6.08. The zero-order valence-electron chi connectivity index (χ0n) is 26.9. The maximum Gasteiger partial charge on any atom is 0.339 e. The third-order valence-corrected chi connectivity index (χ3v) is 7.72. The van der Waals surface area contributed by atoms with Crippen molar-refractivity contribution in [1.29, 1.82) is 0 Å². The normalized spacial score (nSPS) is 10.8. The van der Waals surface area contributed by atoms with Crippen LogP contribution in [0, 0.1) is 5.82 Å². The minimum absolute atomic E-state index is 0.00288. The van der Waals surface area contributed by atoms with E-state index in [2.05, 4.69) is 36.0 Å². The van der Waals surface area contributed by atoms with Gasteiger partial charge in [0, 0.05) is 24.8 Å². The van der Waals surface area contributed by atoms with Crippen molar-refractivity contribution in [3.63, 3.8) is 0 Å². The molecule has 256 valence electrons. The van der Waals surface area contributed by atoms with Crippen LogP contribution in [-0.2, 0) is 17.6 Å². The first-order valence-corrected chi connectivity index (χ1v) is 15.4. The average molecular weight is 690 g/mol. The van der Waals surface area contributed by atoms with Crippen LogP contribution in [0.4, 0.5) is 15.8 Å². The lowest BCUT2D eigenvalue weighted by atomic mass is 9.99. The Balaban J connectivity index is 1.12. The van der Waals surface area contributed by atoms with E-state index in [9.17, 15) is 24.3 Å². The summed E-state index contributed by atoms with van der Waals surface area (Å²) in [5.74, 6) is -3.18. The van der Waals surface area contributed by atoms with Gasteiger partial charge in [0.1, 0.15) is 12.1 Å². The lowest BCUT2D eigenvalue weighted by molar-refractivity contribution is 0.0600. The van der Waals surface area contributed by atoms with Crippen LogP contribution in [0.25, 0.3) is 11.6 Å². The lowest BCUT2D eigenvalue weighted by Crippen LogP contribution is -2.18. The van der Waals surface area contributed by atoms with Gasteiger partial charge in [-0.1, -0.05) is 6.07 Å². The molecule has 0 aliphatic heterocycles. The van der Waals surface area contributed by atoms with Crippen molar-refractivity contribution in [3.8, 4) is 11.6 Å². The molecule has 0 aliphatic carbocycles. The van der Waals surface area contributed by atoms with Crippen LogP contribution in [-0.4, -0.2) is 70.5 Å². The Hall–Kier alpha value is -7.10. The number of carbonyl (C=O) groups excluding carboxylic acids is 3. The molecule has 0 aliphatic rings. The molecule has 16 heteroatoms. The van der Waals surface area contributed by atoms with E-state index in [1.807, 2.05) is 0 Å². The van der Waals surface area contributed by atoms with Crippen LogP contribution >= 0.6 is 0 Å². The van der Waals surface area contributed by atoms with Crippen LogP contribution in [0.2, 0.25) is 0 Å². The van der Waals surface area contributed by atoms with Gasteiger partial charge >= 0.3 is 11.9 Å². The zero-order valence-corrected chi connectivity index (χ0v) is 26.9. The van der Waals surface area contributed by atoms with E-state index in [0.29, 0.717) is 30.0 Å². The number of hydrogen-bond donors (Lipinski definition) is 3. The van der Waals surface area contributed by atoms with Gasteiger partial charge in [0.2, 0.25) is 0 Å². The quantitative estimate of drug-likeness (QED) is 0.153. The smallest absolute Gasteiger partial charge is 0.339 e. The number of carboxylic acids is 1. The van der Waals surface area contributed by atoms with Gasteiger partial charge in [0.25, 0.3) is 11.8 Å². The van der Waals surface area contributed by atoms with Crippen LogP contribution in [0.3, 0.4) is 0 Å². The molecule has 0 radical (unpaired) electrons. The highest BCUT2D eigenvalue weighted by Gasteiger charge is 2.20. The largest absolute Gasteiger partial charge is 0.478 e. The van der Waals surface area contributed by atoms with E-state index in [-0.39, 0.29) is 45.9 Å². The summed E-state index contributed by atoms with van der Waals surface area (Å²) in [7, 11) is 1.22. The number of anilines is 2. The van der Waals surface area contributed by atoms with Gasteiger partial charge < -0.3 is 25.0 Å². The number of ether oxygens (including phenoxy) is 1. The second kappa shape index (κ2) is 15.0. The number of nitrogens with one attached hydrogen (secondary N) is 2. The molecule has 0 spiro atoms. The Labute approximate surface area is 288 Å². The first kappa shape index (κ1) is 33.8. The minimum atomic E-state index is -1.36. The molecule has 6 rings (SSSR count). The van der Waals surface area contributed by atoms with Crippen molar-refractivity contribution in [3.05, 3.63) is 137 Å². The van der Waals surface area contributed by atoms with E-state index in [4.69, 9.17) is 4.74 Å². The van der Waals surface area contributed by atoms with Crippen molar-refractivity contribution < 1.29 is 33.4 Å². The van der Waals surface area contributed by atoms with Crippen molar-refractivity contribution in [2.45, 2.75) is 19.3 Å². The molecule has 4 aromatic heterocycles. The van der Waals surface area contributed by atoms with E-state index in [0.717, 1.165) is 6.07 Å². The lowest BCUT2D eigenvalue weighted by Gasteiger charge is -2.13. The van der Waals surface area contributed by atoms with Gasteiger partial charge in [-0.25, -0.2) is 19.0 Å². The SMILES string of the molecule is COC(=O)c1ccc(CCCc2cc(C(=O)O)c(NC(=O)c3ccc(-n4cccc4)nn3)cc2F)cc1NC(=O)c1ccc(-n2ccnc2)nn1. The Kier molecular flexibility index (Phi) is 9.93. The fourth-order valence-electron chi connectivity index (χ4n) is 5.13. The number of aromatic nitrogens is 7. The number of amides is 2. The van der Waals surface area contributed by atoms with Gasteiger partial charge in [-0.3, -0.25) is 14.2 Å². The molecule has 0 unspecified atom stereocenters. The zero-order chi connectivity index (χ0) is 35.9. The third-order valence-electron chi connectivity index (χ3n) is 7.72. The summed E-state index contributed by atoms with van der Waals surface area (Å²) in [5, 5.41) is 30.9. The van der Waals surface area contributed by atoms with E-state index in [1.165, 1.54) is 37.7 Å². The number of carbonyl (C=O) groups is 4. The summed E-state index contributed by atoms with van der Waals surface area (Å²) in [6.07, 6.45) is 9.20. The number of imidazole rings is 1. The van der Waals surface area contributed by atoms with Crippen LogP contribution in [0.15, 0.2) is 97.8 Å². The third kappa shape index (κ3) is 7.80. The van der Waals surface area contributed by atoms with Crippen LogP contribution < -0.4 is 10.6 Å². The highest BCUT2D eigenvalue weighted by atomic mass is 19.1. The average Bonchev–Trinajstić information content (AvgIpc) is 3.88. The summed E-state index contributed by atoms with van der Waals surface area (Å²) in [5.41, 5.74) is 0.489. The molecular formula is C35H28FN9O6. The summed E-state index contributed by atoms with van der Waals surface area (Å²) >= 11 is 0. The summed E-state index contributed by atoms with van der Waals surface area (Å²) in [4.78, 5) is 54.4. The van der Waals surface area contributed by atoms with Crippen LogP contribution in [0.5, 0.6) is 0 Å². The number of esters is 1. The highest BCUT2D eigenvalue weighted by Crippen LogP contribution is 2.25. The fourth-order valence-corrected chi connectivity index (χ4v) is 5.13. The van der Waals surface area contributed by atoms with E-state index >= 15 is 4.39 Å². The molecule has 15 nitrogen and oxygen atoms in total. The summed E-state index contributed by atoms with van der Waals surface area (Å²) < 4.78 is 23.4. The Bertz CT molecular complexity index is 2210. The fraction of sp³-hybridized carbons (Fsp3) is 0.114. The number of hydrogen-bond acceptors (Lipinski definition) is 10. The molecule has 0 atom stereocenters. The molecule has 3 N–H and O–H groups in total.